The van der Waals surface area contributed by atoms with E-state index in [1.54, 1.807) is 4.90 Å². The van der Waals surface area contributed by atoms with E-state index in [0.717, 1.165) is 6.26 Å². The molecule has 6 nitrogen and oxygen atoms in total. The van der Waals surface area contributed by atoms with Gasteiger partial charge in [0, 0.05) is 19.1 Å². The minimum absolute atomic E-state index is 0. The van der Waals surface area contributed by atoms with Crippen molar-refractivity contribution in [1.82, 2.24) is 9.62 Å². The number of carbonyl (C=O) groups is 1. The van der Waals surface area contributed by atoms with Gasteiger partial charge in [-0.15, -0.1) is 12.4 Å². The number of nitrogens with zero attached hydrogens (tertiary/aromatic N) is 1. The minimum atomic E-state index is -3.22. The van der Waals surface area contributed by atoms with Crippen molar-refractivity contribution in [2.75, 3.05) is 19.3 Å². The lowest BCUT2D eigenvalue weighted by Gasteiger charge is -2.29. The number of halogens is 1. The van der Waals surface area contributed by atoms with Crippen LogP contribution >= 0.6 is 12.4 Å². The molecule has 1 aliphatic rings. The van der Waals surface area contributed by atoms with Crippen molar-refractivity contribution >= 4 is 28.3 Å². The van der Waals surface area contributed by atoms with Gasteiger partial charge in [-0.1, -0.05) is 20.8 Å². The first kappa shape index (κ1) is 18.6. The summed E-state index contributed by atoms with van der Waals surface area (Å²) in [6, 6.07) is -0.759. The Morgan fingerprint density at radius 3 is 2.37 bits per heavy atom. The smallest absolute Gasteiger partial charge is 0.240 e. The van der Waals surface area contributed by atoms with Crippen molar-refractivity contribution in [1.29, 1.82) is 0 Å². The van der Waals surface area contributed by atoms with Gasteiger partial charge < -0.3 is 10.6 Å². The van der Waals surface area contributed by atoms with Gasteiger partial charge in [-0.25, -0.2) is 13.1 Å². The highest BCUT2D eigenvalue weighted by molar-refractivity contribution is 7.88. The molecule has 1 unspecified atom stereocenters. The predicted octanol–water partition coefficient (Wildman–Crippen LogP) is -0.0683. The van der Waals surface area contributed by atoms with Crippen molar-refractivity contribution in [2.45, 2.75) is 39.3 Å². The molecule has 0 aliphatic carbocycles. The van der Waals surface area contributed by atoms with Gasteiger partial charge in [0.2, 0.25) is 15.9 Å². The molecule has 0 aromatic rings. The van der Waals surface area contributed by atoms with E-state index in [-0.39, 0.29) is 29.8 Å². The number of hydrogen-bond donors (Lipinski definition) is 2. The zero-order chi connectivity index (χ0) is 14.1. The first-order valence-corrected chi connectivity index (χ1v) is 7.91. The van der Waals surface area contributed by atoms with Gasteiger partial charge in [0.25, 0.3) is 0 Å². The molecular weight excluding hydrogens is 290 g/mol. The summed E-state index contributed by atoms with van der Waals surface area (Å²) in [6.45, 7) is 6.69. The second-order valence-electron chi connectivity index (χ2n) is 6.00. The Hall–Kier alpha value is -0.370. The fourth-order valence-electron chi connectivity index (χ4n) is 1.93. The molecule has 0 saturated carbocycles. The van der Waals surface area contributed by atoms with Crippen LogP contribution in [0, 0.1) is 5.41 Å². The Morgan fingerprint density at radius 2 is 1.95 bits per heavy atom. The molecule has 0 radical (unpaired) electrons. The highest BCUT2D eigenvalue weighted by Gasteiger charge is 2.35. The van der Waals surface area contributed by atoms with Crippen molar-refractivity contribution in [3.8, 4) is 0 Å². The maximum absolute atomic E-state index is 12.1. The highest BCUT2D eigenvalue weighted by Crippen LogP contribution is 2.21. The Morgan fingerprint density at radius 1 is 1.42 bits per heavy atom. The normalized spacial score (nSPS) is 21.9. The second kappa shape index (κ2) is 6.39. The van der Waals surface area contributed by atoms with Gasteiger partial charge in [0.05, 0.1) is 12.3 Å². The van der Waals surface area contributed by atoms with E-state index in [2.05, 4.69) is 4.72 Å². The number of nitrogens with one attached hydrogen (secondary N) is 1. The topological polar surface area (TPSA) is 92.5 Å². The molecular formula is C11H24ClN3O3S. The highest BCUT2D eigenvalue weighted by atomic mass is 35.5. The number of rotatable bonds is 3. The third-order valence-corrected chi connectivity index (χ3v) is 3.84. The molecule has 3 N–H and O–H groups in total. The Balaban J connectivity index is 0.00000324. The van der Waals surface area contributed by atoms with Gasteiger partial charge >= 0.3 is 0 Å². The molecule has 1 aliphatic heterocycles. The minimum Gasteiger partial charge on any atom is -0.340 e. The van der Waals surface area contributed by atoms with Gasteiger partial charge in [0.15, 0.2) is 0 Å². The maximum Gasteiger partial charge on any atom is 0.240 e. The van der Waals surface area contributed by atoms with Crippen LogP contribution in [0.3, 0.4) is 0 Å². The number of sulfonamides is 1. The van der Waals surface area contributed by atoms with E-state index < -0.39 is 16.1 Å². The zero-order valence-corrected chi connectivity index (χ0v) is 13.5. The SMILES string of the molecule is CC(C)(C)[C@H](N)C(=O)N1CCC(NS(C)(=O)=O)C1.Cl. The summed E-state index contributed by atoms with van der Waals surface area (Å²) in [5.41, 5.74) is 5.62. The molecule has 0 aromatic heterocycles. The number of hydrogen-bond acceptors (Lipinski definition) is 4. The quantitative estimate of drug-likeness (QED) is 0.763. The van der Waals surface area contributed by atoms with Gasteiger partial charge in [-0.3, -0.25) is 4.79 Å². The van der Waals surface area contributed by atoms with Crippen LogP contribution < -0.4 is 10.5 Å². The van der Waals surface area contributed by atoms with Crippen molar-refractivity contribution < 1.29 is 13.2 Å². The first-order valence-electron chi connectivity index (χ1n) is 6.02. The molecule has 0 spiro atoms. The molecule has 1 amide bonds. The van der Waals surface area contributed by atoms with Crippen LogP contribution in [0.4, 0.5) is 0 Å². The van der Waals surface area contributed by atoms with Crippen molar-refractivity contribution in [3.63, 3.8) is 0 Å². The second-order valence-corrected chi connectivity index (χ2v) is 7.78. The summed E-state index contributed by atoms with van der Waals surface area (Å²) in [5, 5.41) is 0. The largest absolute Gasteiger partial charge is 0.340 e. The molecule has 0 bridgehead atoms. The molecule has 1 rings (SSSR count). The average Bonchev–Trinajstić information content (AvgIpc) is 2.59. The van der Waals surface area contributed by atoms with Crippen molar-refractivity contribution in [2.24, 2.45) is 11.1 Å². The molecule has 114 valence electrons. The third-order valence-electron chi connectivity index (χ3n) is 3.08. The summed E-state index contributed by atoms with van der Waals surface area (Å²) in [4.78, 5) is 13.8. The maximum atomic E-state index is 12.1. The summed E-state index contributed by atoms with van der Waals surface area (Å²) in [5.74, 6) is -0.111. The fraction of sp³-hybridized carbons (Fsp3) is 0.909. The molecule has 8 heteroatoms. The molecule has 2 atom stereocenters. The zero-order valence-electron chi connectivity index (χ0n) is 11.8. The van der Waals surface area contributed by atoms with Crippen LogP contribution in [0.1, 0.15) is 27.2 Å². The third kappa shape index (κ3) is 5.64. The van der Waals surface area contributed by atoms with E-state index in [9.17, 15) is 13.2 Å². The standard InChI is InChI=1S/C11H23N3O3S.ClH/c1-11(2,3)9(12)10(15)14-6-5-8(7-14)13-18(4,16)17;/h8-9,13H,5-7,12H2,1-4H3;1H/t8?,9-;/m1./s1. The van der Waals surface area contributed by atoms with Crippen LogP contribution in [-0.4, -0.2) is 50.7 Å². The lowest BCUT2D eigenvalue weighted by Crippen LogP contribution is -2.50. The average molecular weight is 314 g/mol. The molecule has 1 saturated heterocycles. The monoisotopic (exact) mass is 313 g/mol. The van der Waals surface area contributed by atoms with Crippen LogP contribution in [0.5, 0.6) is 0 Å². The lowest BCUT2D eigenvalue weighted by molar-refractivity contribution is -0.133. The summed E-state index contributed by atoms with van der Waals surface area (Å²) in [6.07, 6.45) is 1.76. The van der Waals surface area contributed by atoms with Crippen LogP contribution in [0.2, 0.25) is 0 Å². The van der Waals surface area contributed by atoms with E-state index in [1.165, 1.54) is 0 Å². The molecule has 19 heavy (non-hydrogen) atoms. The molecule has 0 aromatic carbocycles. The Kier molecular flexibility index (Phi) is 6.26. The van der Waals surface area contributed by atoms with Crippen molar-refractivity contribution in [3.05, 3.63) is 0 Å². The first-order chi connectivity index (χ1) is 8.00. The summed E-state index contributed by atoms with van der Waals surface area (Å²) >= 11 is 0. The Bertz CT molecular complexity index is 419. The van der Waals surface area contributed by atoms with E-state index in [0.29, 0.717) is 19.5 Å². The number of amides is 1. The number of likely N-dealkylation sites (tertiary alicyclic amines) is 1. The van der Waals surface area contributed by atoms with Gasteiger partial charge in [-0.05, 0) is 11.8 Å². The fourth-order valence-corrected chi connectivity index (χ4v) is 2.72. The Labute approximate surface area is 121 Å². The lowest BCUT2D eigenvalue weighted by atomic mass is 9.86. The van der Waals surface area contributed by atoms with Crippen LogP contribution in [0.15, 0.2) is 0 Å². The van der Waals surface area contributed by atoms with E-state index >= 15 is 0 Å². The number of carbonyl (C=O) groups excluding carboxylic acids is 1. The predicted molar refractivity (Wildman–Crippen MR) is 77.6 cm³/mol. The molecule has 1 heterocycles. The van der Waals surface area contributed by atoms with E-state index in [1.807, 2.05) is 20.8 Å². The van der Waals surface area contributed by atoms with Gasteiger partial charge in [-0.2, -0.15) is 0 Å². The number of nitrogens with two attached hydrogens (primary N) is 1. The van der Waals surface area contributed by atoms with Crippen LogP contribution in [0.25, 0.3) is 0 Å². The van der Waals surface area contributed by atoms with E-state index in [4.69, 9.17) is 5.73 Å². The molecule has 1 fully saturated rings. The van der Waals surface area contributed by atoms with Gasteiger partial charge in [0.1, 0.15) is 0 Å². The summed E-state index contributed by atoms with van der Waals surface area (Å²) in [7, 11) is -3.22. The van der Waals surface area contributed by atoms with Crippen LogP contribution in [-0.2, 0) is 14.8 Å². The summed E-state index contributed by atoms with van der Waals surface area (Å²) < 4.78 is 24.8.